The Bertz CT molecular complexity index is 553. The highest BCUT2D eigenvalue weighted by molar-refractivity contribution is 9.11. The van der Waals surface area contributed by atoms with Crippen molar-refractivity contribution in [1.82, 2.24) is 5.32 Å². The zero-order valence-corrected chi connectivity index (χ0v) is 12.2. The lowest BCUT2D eigenvalue weighted by Gasteiger charge is -2.08. The number of halogens is 1. The van der Waals surface area contributed by atoms with Crippen LogP contribution in [0.3, 0.4) is 0 Å². The number of methoxy groups -OCH3 is 1. The average Bonchev–Trinajstić information content (AvgIpc) is 2.81. The molecule has 3 nitrogen and oxygen atoms in total. The average molecular weight is 326 g/mol. The van der Waals surface area contributed by atoms with Gasteiger partial charge < -0.3 is 10.1 Å². The van der Waals surface area contributed by atoms with Gasteiger partial charge in [0.05, 0.1) is 23.0 Å². The van der Waals surface area contributed by atoms with Crippen LogP contribution < -0.4 is 10.1 Å². The van der Waals surface area contributed by atoms with Crippen LogP contribution in [0.1, 0.15) is 15.2 Å². The van der Waals surface area contributed by atoms with Gasteiger partial charge in [0.25, 0.3) is 5.91 Å². The molecule has 0 aliphatic rings. The number of carbonyl (C=O) groups is 1. The summed E-state index contributed by atoms with van der Waals surface area (Å²) < 4.78 is 6.22. The van der Waals surface area contributed by atoms with Gasteiger partial charge in [-0.1, -0.05) is 12.1 Å². The number of nitrogens with one attached hydrogen (secondary N) is 1. The molecule has 0 unspecified atom stereocenters. The van der Waals surface area contributed by atoms with E-state index < -0.39 is 0 Å². The Morgan fingerprint density at radius 1 is 1.33 bits per heavy atom. The monoisotopic (exact) mass is 325 g/mol. The van der Waals surface area contributed by atoms with Crippen molar-refractivity contribution in [3.8, 4) is 5.75 Å². The third-order valence-corrected chi connectivity index (χ3v) is 4.03. The summed E-state index contributed by atoms with van der Waals surface area (Å²) >= 11 is 5.00. The third-order valence-electron chi connectivity index (χ3n) is 2.40. The van der Waals surface area contributed by atoms with Crippen LogP contribution in [-0.2, 0) is 6.54 Å². The van der Waals surface area contributed by atoms with Crippen molar-refractivity contribution in [3.05, 3.63) is 50.6 Å². The Hall–Kier alpha value is -1.33. The molecule has 1 aromatic carbocycles. The molecule has 0 bridgehead atoms. The van der Waals surface area contributed by atoms with Crippen LogP contribution in [0, 0.1) is 0 Å². The third kappa shape index (κ3) is 3.11. The first-order valence-corrected chi connectivity index (χ1v) is 6.97. The molecule has 0 radical (unpaired) electrons. The Kier molecular flexibility index (Phi) is 4.38. The van der Waals surface area contributed by atoms with E-state index >= 15 is 0 Å². The fourth-order valence-electron chi connectivity index (χ4n) is 1.54. The van der Waals surface area contributed by atoms with Crippen LogP contribution in [0.5, 0.6) is 5.75 Å². The normalized spacial score (nSPS) is 10.1. The zero-order chi connectivity index (χ0) is 13.0. The lowest BCUT2D eigenvalue weighted by Crippen LogP contribution is -2.22. The summed E-state index contributed by atoms with van der Waals surface area (Å²) in [6.07, 6.45) is 0. The van der Waals surface area contributed by atoms with Crippen LogP contribution in [0.15, 0.2) is 40.2 Å². The molecule has 1 amide bonds. The number of rotatable bonds is 4. The molecule has 0 spiro atoms. The molecular weight excluding hydrogens is 314 g/mol. The largest absolute Gasteiger partial charge is 0.496 e. The first-order chi connectivity index (χ1) is 8.70. The lowest BCUT2D eigenvalue weighted by molar-refractivity contribution is 0.0948. The van der Waals surface area contributed by atoms with E-state index in [1.807, 2.05) is 24.3 Å². The second-order valence-electron chi connectivity index (χ2n) is 3.59. The second kappa shape index (κ2) is 6.02. The fourth-order valence-corrected chi connectivity index (χ4v) is 2.96. The summed E-state index contributed by atoms with van der Waals surface area (Å²) in [4.78, 5) is 13.1. The van der Waals surface area contributed by atoms with E-state index in [1.54, 1.807) is 30.6 Å². The Balaban J connectivity index is 2.03. The van der Waals surface area contributed by atoms with E-state index in [0.717, 1.165) is 8.66 Å². The highest BCUT2D eigenvalue weighted by atomic mass is 79.9. The van der Waals surface area contributed by atoms with Gasteiger partial charge >= 0.3 is 0 Å². The van der Waals surface area contributed by atoms with E-state index in [1.165, 1.54) is 0 Å². The van der Waals surface area contributed by atoms with Crippen LogP contribution in [0.4, 0.5) is 0 Å². The summed E-state index contributed by atoms with van der Waals surface area (Å²) in [7, 11) is 1.56. The predicted octanol–water partition coefficient (Wildman–Crippen LogP) is 3.45. The number of ether oxygens (including phenoxy) is 1. The van der Waals surface area contributed by atoms with Gasteiger partial charge in [-0.3, -0.25) is 4.79 Å². The van der Waals surface area contributed by atoms with Crippen LogP contribution in [-0.4, -0.2) is 13.0 Å². The van der Waals surface area contributed by atoms with E-state index in [0.29, 0.717) is 17.9 Å². The summed E-state index contributed by atoms with van der Waals surface area (Å²) in [5.41, 5.74) is 0.552. The van der Waals surface area contributed by atoms with Crippen molar-refractivity contribution < 1.29 is 9.53 Å². The Morgan fingerprint density at radius 3 is 2.78 bits per heavy atom. The molecule has 94 valence electrons. The first-order valence-electron chi connectivity index (χ1n) is 5.36. The van der Waals surface area contributed by atoms with Crippen LogP contribution >= 0.6 is 27.3 Å². The molecule has 18 heavy (non-hydrogen) atoms. The van der Waals surface area contributed by atoms with Gasteiger partial charge in [0.15, 0.2) is 0 Å². The number of benzene rings is 1. The maximum Gasteiger partial charge on any atom is 0.255 e. The van der Waals surface area contributed by atoms with Crippen LogP contribution in [0.2, 0.25) is 0 Å². The van der Waals surface area contributed by atoms with Crippen molar-refractivity contribution in [3.63, 3.8) is 0 Å². The molecule has 0 aliphatic heterocycles. The molecule has 1 aromatic heterocycles. The van der Waals surface area contributed by atoms with E-state index in [2.05, 4.69) is 21.2 Å². The van der Waals surface area contributed by atoms with Gasteiger partial charge in [0.1, 0.15) is 5.75 Å². The zero-order valence-electron chi connectivity index (χ0n) is 9.77. The van der Waals surface area contributed by atoms with Gasteiger partial charge in [-0.25, -0.2) is 0 Å². The summed E-state index contributed by atoms with van der Waals surface area (Å²) in [5, 5.41) is 2.87. The van der Waals surface area contributed by atoms with E-state index in [4.69, 9.17) is 4.74 Å². The minimum atomic E-state index is -0.128. The van der Waals surface area contributed by atoms with Gasteiger partial charge in [-0.05, 0) is 40.2 Å². The molecule has 2 rings (SSSR count). The standard InChI is InChI=1S/C13H12BrNO2S/c1-17-11-5-3-2-4-10(11)13(16)15-8-9-6-7-12(14)18-9/h2-7H,8H2,1H3,(H,15,16). The molecular formula is C13H12BrNO2S. The van der Waals surface area contributed by atoms with E-state index in [9.17, 15) is 4.79 Å². The lowest BCUT2D eigenvalue weighted by atomic mass is 10.2. The number of thiophene rings is 1. The quantitative estimate of drug-likeness (QED) is 0.935. The summed E-state index contributed by atoms with van der Waals surface area (Å²) in [6.45, 7) is 0.521. The van der Waals surface area contributed by atoms with Crippen molar-refractivity contribution >= 4 is 33.2 Å². The minimum Gasteiger partial charge on any atom is -0.496 e. The summed E-state index contributed by atoms with van der Waals surface area (Å²) in [6, 6.07) is 11.1. The van der Waals surface area contributed by atoms with E-state index in [-0.39, 0.29) is 5.91 Å². The molecule has 0 saturated heterocycles. The molecule has 0 atom stereocenters. The topological polar surface area (TPSA) is 38.3 Å². The molecule has 5 heteroatoms. The van der Waals surface area contributed by atoms with Crippen LogP contribution in [0.25, 0.3) is 0 Å². The number of hydrogen-bond acceptors (Lipinski definition) is 3. The maximum absolute atomic E-state index is 12.0. The van der Waals surface area contributed by atoms with Gasteiger partial charge in [-0.15, -0.1) is 11.3 Å². The van der Waals surface area contributed by atoms with Crippen molar-refractivity contribution in [2.24, 2.45) is 0 Å². The van der Waals surface area contributed by atoms with Crippen molar-refractivity contribution in [2.45, 2.75) is 6.54 Å². The van der Waals surface area contributed by atoms with Gasteiger partial charge in [0, 0.05) is 4.88 Å². The number of para-hydroxylation sites is 1. The number of amides is 1. The second-order valence-corrected chi connectivity index (χ2v) is 6.14. The molecule has 0 saturated carbocycles. The molecule has 0 fully saturated rings. The highest BCUT2D eigenvalue weighted by Crippen LogP contribution is 2.22. The minimum absolute atomic E-state index is 0.128. The van der Waals surface area contributed by atoms with Crippen molar-refractivity contribution in [2.75, 3.05) is 7.11 Å². The number of hydrogen-bond donors (Lipinski definition) is 1. The maximum atomic E-state index is 12.0. The Morgan fingerprint density at radius 2 is 2.11 bits per heavy atom. The number of carbonyl (C=O) groups excluding carboxylic acids is 1. The highest BCUT2D eigenvalue weighted by Gasteiger charge is 2.11. The summed E-state index contributed by atoms with van der Waals surface area (Å²) in [5.74, 6) is 0.458. The SMILES string of the molecule is COc1ccccc1C(=O)NCc1ccc(Br)s1. The first kappa shape index (κ1) is 13.1. The molecule has 0 aliphatic carbocycles. The Labute approximate surface area is 118 Å². The fraction of sp³-hybridized carbons (Fsp3) is 0.154. The molecule has 1 heterocycles. The smallest absolute Gasteiger partial charge is 0.255 e. The predicted molar refractivity (Wildman–Crippen MR) is 76.2 cm³/mol. The van der Waals surface area contributed by atoms with Gasteiger partial charge in [-0.2, -0.15) is 0 Å². The molecule has 1 N–H and O–H groups in total. The van der Waals surface area contributed by atoms with Crippen molar-refractivity contribution in [1.29, 1.82) is 0 Å². The molecule has 2 aromatic rings. The van der Waals surface area contributed by atoms with Gasteiger partial charge in [0.2, 0.25) is 0 Å².